The molecule has 0 spiro atoms. The highest BCUT2D eigenvalue weighted by atomic mass is 16.7. The third-order valence-corrected chi connectivity index (χ3v) is 9.12. The van der Waals surface area contributed by atoms with E-state index < -0.39 is 102 Å². The fourth-order valence-corrected chi connectivity index (χ4v) is 6.59. The number of ether oxygens (including phenoxy) is 4. The van der Waals surface area contributed by atoms with Gasteiger partial charge in [-0.15, -0.1) is 0 Å². The van der Waals surface area contributed by atoms with Gasteiger partial charge in [-0.2, -0.15) is 0 Å². The second-order valence-electron chi connectivity index (χ2n) is 12.1. The van der Waals surface area contributed by atoms with Crippen molar-refractivity contribution in [1.82, 2.24) is 0 Å². The highest BCUT2D eigenvalue weighted by Gasteiger charge is 2.50. The van der Waals surface area contributed by atoms with Crippen molar-refractivity contribution in [1.29, 1.82) is 0 Å². The molecule has 3 aromatic carbocycles. The summed E-state index contributed by atoms with van der Waals surface area (Å²) in [5, 5.41) is 55.4. The molecule has 14 heteroatoms. The molecule has 48 heavy (non-hydrogen) atoms. The normalized spacial score (nSPS) is 26.2. The van der Waals surface area contributed by atoms with Crippen molar-refractivity contribution in [2.45, 2.75) is 62.4 Å². The van der Waals surface area contributed by atoms with Crippen LogP contribution in [0.15, 0.2) is 42.5 Å². The summed E-state index contributed by atoms with van der Waals surface area (Å²) in [6, 6.07) is 9.01. The number of carbonyl (C=O) groups is 4. The molecule has 0 saturated carbocycles. The number of methoxy groups -OCH3 is 1. The molecule has 6 rings (SSSR count). The Labute approximate surface area is 273 Å². The van der Waals surface area contributed by atoms with Gasteiger partial charge < -0.3 is 50.2 Å². The number of hydrogen-bond acceptors (Lipinski definition) is 14. The van der Waals surface area contributed by atoms with Crippen LogP contribution in [0.3, 0.4) is 0 Å². The van der Waals surface area contributed by atoms with Crippen LogP contribution < -0.4 is 10.5 Å². The lowest BCUT2D eigenvalue weighted by atomic mass is 9.72. The number of ketones is 3. The van der Waals surface area contributed by atoms with Gasteiger partial charge in [-0.1, -0.05) is 24.3 Å². The Balaban J connectivity index is 1.42. The molecule has 1 fully saturated rings. The fourth-order valence-electron chi connectivity index (χ4n) is 6.59. The summed E-state index contributed by atoms with van der Waals surface area (Å²) in [7, 11) is 1.31. The van der Waals surface area contributed by atoms with Crippen molar-refractivity contribution in [2.75, 3.05) is 13.7 Å². The van der Waals surface area contributed by atoms with Crippen LogP contribution in [-0.2, 0) is 25.4 Å². The van der Waals surface area contributed by atoms with Gasteiger partial charge in [0.15, 0.2) is 18.7 Å². The van der Waals surface area contributed by atoms with E-state index >= 15 is 0 Å². The van der Waals surface area contributed by atoms with E-state index in [-0.39, 0.29) is 45.7 Å². The Morgan fingerprint density at radius 1 is 1.00 bits per heavy atom. The van der Waals surface area contributed by atoms with Crippen molar-refractivity contribution in [3.63, 3.8) is 0 Å². The first-order chi connectivity index (χ1) is 22.8. The first kappa shape index (κ1) is 33.1. The quantitative estimate of drug-likeness (QED) is 0.122. The molecule has 1 aliphatic heterocycles. The number of hydrogen-bond donors (Lipinski definition) is 6. The Morgan fingerprint density at radius 2 is 1.71 bits per heavy atom. The van der Waals surface area contributed by atoms with E-state index in [9.17, 15) is 44.7 Å². The molecule has 0 bridgehead atoms. The lowest BCUT2D eigenvalue weighted by Gasteiger charge is -2.42. The zero-order valence-electron chi connectivity index (χ0n) is 25.8. The smallest absolute Gasteiger partial charge is 0.342 e. The lowest BCUT2D eigenvalue weighted by Crippen LogP contribution is -2.53. The number of phenols is 3. The molecule has 1 heterocycles. The Bertz CT molecular complexity index is 1840. The van der Waals surface area contributed by atoms with Crippen molar-refractivity contribution in [3.8, 4) is 23.0 Å². The van der Waals surface area contributed by atoms with Gasteiger partial charge in [-0.05, 0) is 25.1 Å². The number of esters is 1. The number of rotatable bonds is 7. The Hall–Kier alpha value is -4.86. The van der Waals surface area contributed by atoms with E-state index in [4.69, 9.17) is 24.7 Å². The summed E-state index contributed by atoms with van der Waals surface area (Å²) in [6.45, 7) is 0.602. The minimum absolute atomic E-state index is 0.0401. The summed E-state index contributed by atoms with van der Waals surface area (Å²) in [6.07, 6.45) is -5.69. The van der Waals surface area contributed by atoms with Gasteiger partial charge in [0.2, 0.25) is 11.6 Å². The number of aromatic hydroxyl groups is 3. The van der Waals surface area contributed by atoms with Crippen LogP contribution in [0.2, 0.25) is 0 Å². The number of benzene rings is 3. The van der Waals surface area contributed by atoms with E-state index in [1.54, 1.807) is 6.92 Å². The minimum Gasteiger partial charge on any atom is -0.507 e. The fraction of sp³-hybridized carbons (Fsp3) is 0.353. The highest BCUT2D eigenvalue weighted by Crippen LogP contribution is 2.52. The van der Waals surface area contributed by atoms with E-state index in [0.29, 0.717) is 0 Å². The van der Waals surface area contributed by atoms with Crippen molar-refractivity contribution in [2.24, 2.45) is 5.73 Å². The van der Waals surface area contributed by atoms with E-state index in [2.05, 4.69) is 0 Å². The molecule has 0 aromatic heterocycles. The van der Waals surface area contributed by atoms with Crippen LogP contribution in [0, 0.1) is 0 Å². The molecule has 0 radical (unpaired) electrons. The molecule has 3 aromatic rings. The number of carbonyl (C=O) groups excluding carboxylic acids is 4. The summed E-state index contributed by atoms with van der Waals surface area (Å²) >= 11 is 0. The third kappa shape index (κ3) is 5.37. The molecule has 1 saturated heterocycles. The SMILES string of the molecule is COc1cccc2c1C(=O)c1c(O)c3c(c(O)c1C2=O)CC(O)(C(=O)COC(=O)c1ccccc1O)CC3OC1CC(N)C(O)C(C)O1. The maximum atomic E-state index is 13.9. The van der Waals surface area contributed by atoms with Gasteiger partial charge in [-0.3, -0.25) is 14.4 Å². The number of nitrogens with two attached hydrogens (primary N) is 1. The van der Waals surface area contributed by atoms with Gasteiger partial charge in [0, 0.05) is 42.0 Å². The zero-order chi connectivity index (χ0) is 34.7. The molecular formula is C34H33NO13. The van der Waals surface area contributed by atoms with Crippen LogP contribution in [-0.4, -0.2) is 92.7 Å². The first-order valence-electron chi connectivity index (χ1n) is 15.1. The molecule has 3 aliphatic rings. The van der Waals surface area contributed by atoms with Crippen LogP contribution in [0.1, 0.15) is 79.2 Å². The summed E-state index contributed by atoms with van der Waals surface area (Å²) in [5.41, 5.74) is 1.75. The predicted molar refractivity (Wildman–Crippen MR) is 163 cm³/mol. The number of Topliss-reactive ketones (excluding diaryl/α,β-unsaturated/α-hetero) is 1. The van der Waals surface area contributed by atoms with Gasteiger partial charge in [-0.25, -0.2) is 4.79 Å². The van der Waals surface area contributed by atoms with Crippen LogP contribution in [0.4, 0.5) is 0 Å². The molecule has 252 valence electrons. The summed E-state index contributed by atoms with van der Waals surface area (Å²) in [4.78, 5) is 53.8. The monoisotopic (exact) mass is 663 g/mol. The number of para-hydroxylation sites is 1. The van der Waals surface area contributed by atoms with Crippen molar-refractivity contribution in [3.05, 3.63) is 81.4 Å². The molecule has 7 N–H and O–H groups in total. The lowest BCUT2D eigenvalue weighted by molar-refractivity contribution is -0.247. The second kappa shape index (κ2) is 12.3. The van der Waals surface area contributed by atoms with E-state index in [0.717, 1.165) is 0 Å². The van der Waals surface area contributed by atoms with Crippen LogP contribution >= 0.6 is 0 Å². The largest absolute Gasteiger partial charge is 0.507 e. The molecule has 14 nitrogen and oxygen atoms in total. The highest BCUT2D eigenvalue weighted by molar-refractivity contribution is 6.31. The summed E-state index contributed by atoms with van der Waals surface area (Å²) < 4.78 is 22.3. The molecule has 6 atom stereocenters. The molecule has 0 amide bonds. The number of phenolic OH excluding ortho intramolecular Hbond substituents is 3. The third-order valence-electron chi connectivity index (χ3n) is 9.12. The van der Waals surface area contributed by atoms with Gasteiger partial charge in [0.1, 0.15) is 34.2 Å². The van der Waals surface area contributed by atoms with Crippen LogP contribution in [0.25, 0.3) is 0 Å². The maximum Gasteiger partial charge on any atom is 0.342 e. The van der Waals surface area contributed by atoms with E-state index in [1.165, 1.54) is 49.6 Å². The number of fused-ring (bicyclic) bond motifs is 3. The topological polar surface area (TPSA) is 232 Å². The van der Waals surface area contributed by atoms with Crippen molar-refractivity contribution < 1.29 is 63.7 Å². The minimum atomic E-state index is -2.40. The predicted octanol–water partition coefficient (Wildman–Crippen LogP) is 1.57. The van der Waals surface area contributed by atoms with Crippen molar-refractivity contribution >= 4 is 23.3 Å². The standard InChI is InChI=1S/C34H33NO13/c1-14-28(38)18(35)10-23(47-14)48-21-12-34(44,22(37)13-46-33(43)15-6-3-4-8-19(15)36)11-17-25(21)32(42)27-26(30(17)40)29(39)16-7-5-9-20(45-2)24(16)31(27)41/h3-9,14,18,21,23,28,36,38,40,42,44H,10-13,35H2,1-2H3. The first-order valence-corrected chi connectivity index (χ1v) is 15.1. The number of aliphatic hydroxyl groups excluding tert-OH is 1. The molecule has 6 unspecified atom stereocenters. The average Bonchev–Trinajstić information content (AvgIpc) is 3.05. The number of aliphatic hydroxyl groups is 2. The Morgan fingerprint density at radius 3 is 2.40 bits per heavy atom. The molecule has 2 aliphatic carbocycles. The van der Waals surface area contributed by atoms with Gasteiger partial charge in [0.25, 0.3) is 0 Å². The van der Waals surface area contributed by atoms with Gasteiger partial charge >= 0.3 is 5.97 Å². The van der Waals surface area contributed by atoms with Gasteiger partial charge in [0.05, 0.1) is 42.1 Å². The maximum absolute atomic E-state index is 13.9. The van der Waals surface area contributed by atoms with Crippen LogP contribution in [0.5, 0.6) is 23.0 Å². The Kier molecular flexibility index (Phi) is 8.47. The average molecular weight is 664 g/mol. The molecular weight excluding hydrogens is 630 g/mol. The summed E-state index contributed by atoms with van der Waals surface area (Å²) in [5.74, 6) is -5.49. The zero-order valence-corrected chi connectivity index (χ0v) is 25.8. The second-order valence-corrected chi connectivity index (χ2v) is 12.1. The van der Waals surface area contributed by atoms with E-state index in [1.807, 2.05) is 0 Å².